The van der Waals surface area contributed by atoms with E-state index in [1.54, 1.807) is 32.4 Å². The Hall–Kier alpha value is -4.00. The highest BCUT2D eigenvalue weighted by molar-refractivity contribution is 5.81. The van der Waals surface area contributed by atoms with Crippen LogP contribution in [0.4, 0.5) is 0 Å². The van der Waals surface area contributed by atoms with E-state index in [9.17, 15) is 9.59 Å². The summed E-state index contributed by atoms with van der Waals surface area (Å²) in [6.45, 7) is 0.424. The SMILES string of the molecule is COc1cc2c(cc1OC)C(c1ccccc1)N(C(=O)Cn1c(=O)oc3ccccc31)CC2. The molecule has 0 fully saturated rings. The molecule has 1 aliphatic heterocycles. The topological polar surface area (TPSA) is 73.9 Å². The predicted octanol–water partition coefficient (Wildman–Crippen LogP) is 3.79. The summed E-state index contributed by atoms with van der Waals surface area (Å²) in [4.78, 5) is 27.9. The van der Waals surface area contributed by atoms with Gasteiger partial charge in [-0.05, 0) is 47.4 Å². The number of methoxy groups -OCH3 is 2. The highest BCUT2D eigenvalue weighted by Crippen LogP contribution is 2.41. The van der Waals surface area contributed by atoms with Gasteiger partial charge in [0, 0.05) is 6.54 Å². The van der Waals surface area contributed by atoms with E-state index in [2.05, 4.69) is 0 Å². The van der Waals surface area contributed by atoms with Crippen LogP contribution in [0.25, 0.3) is 11.1 Å². The minimum absolute atomic E-state index is 0.0954. The number of hydrogen-bond acceptors (Lipinski definition) is 5. The lowest BCUT2D eigenvalue weighted by molar-refractivity contribution is -0.134. The van der Waals surface area contributed by atoms with Gasteiger partial charge in [0.2, 0.25) is 5.91 Å². The van der Waals surface area contributed by atoms with Gasteiger partial charge in [0.15, 0.2) is 17.1 Å². The van der Waals surface area contributed by atoms with Crippen LogP contribution in [-0.2, 0) is 17.8 Å². The van der Waals surface area contributed by atoms with E-state index >= 15 is 0 Å². The second kappa shape index (κ2) is 8.50. The minimum atomic E-state index is -0.537. The van der Waals surface area contributed by atoms with Gasteiger partial charge < -0.3 is 18.8 Å². The number of oxazole rings is 1. The van der Waals surface area contributed by atoms with Gasteiger partial charge >= 0.3 is 5.76 Å². The van der Waals surface area contributed by atoms with Crippen molar-refractivity contribution in [3.63, 3.8) is 0 Å². The first-order chi connectivity index (χ1) is 16.1. The zero-order valence-electron chi connectivity index (χ0n) is 18.5. The molecule has 0 saturated carbocycles. The average Bonchev–Trinajstić information content (AvgIpc) is 3.17. The molecule has 0 spiro atoms. The van der Waals surface area contributed by atoms with Gasteiger partial charge in [0.25, 0.3) is 0 Å². The fourth-order valence-electron chi connectivity index (χ4n) is 4.60. The maximum atomic E-state index is 13.6. The molecule has 1 amide bonds. The van der Waals surface area contributed by atoms with Gasteiger partial charge in [-0.2, -0.15) is 0 Å². The number of nitrogens with zero attached hydrogens (tertiary/aromatic N) is 2. The molecule has 0 aliphatic carbocycles. The molecule has 0 bridgehead atoms. The zero-order valence-corrected chi connectivity index (χ0v) is 18.5. The summed E-state index contributed by atoms with van der Waals surface area (Å²) in [6.07, 6.45) is 0.672. The summed E-state index contributed by atoms with van der Waals surface area (Å²) in [5.41, 5.74) is 4.16. The van der Waals surface area contributed by atoms with Gasteiger partial charge in [-0.15, -0.1) is 0 Å². The van der Waals surface area contributed by atoms with Crippen LogP contribution in [0, 0.1) is 0 Å². The summed E-state index contributed by atoms with van der Waals surface area (Å²) in [7, 11) is 3.22. The van der Waals surface area contributed by atoms with Gasteiger partial charge in [0.05, 0.1) is 25.8 Å². The fraction of sp³-hybridized carbons (Fsp3) is 0.231. The number of ether oxygens (including phenoxy) is 2. The fourth-order valence-corrected chi connectivity index (χ4v) is 4.60. The molecule has 0 N–H and O–H groups in total. The van der Waals surface area contributed by atoms with Crippen LogP contribution in [-0.4, -0.2) is 36.1 Å². The Morgan fingerprint density at radius 1 is 1.00 bits per heavy atom. The van der Waals surface area contributed by atoms with Gasteiger partial charge in [-0.25, -0.2) is 4.79 Å². The minimum Gasteiger partial charge on any atom is -0.493 e. The first-order valence-electron chi connectivity index (χ1n) is 10.8. The summed E-state index contributed by atoms with van der Waals surface area (Å²) in [6, 6.07) is 20.6. The van der Waals surface area contributed by atoms with E-state index in [0.29, 0.717) is 35.6 Å². The van der Waals surface area contributed by atoms with Crippen LogP contribution in [0.15, 0.2) is 75.9 Å². The predicted molar refractivity (Wildman–Crippen MR) is 124 cm³/mol. The number of carbonyl (C=O) groups is 1. The van der Waals surface area contributed by atoms with Gasteiger partial charge in [-0.3, -0.25) is 9.36 Å². The van der Waals surface area contributed by atoms with Crippen LogP contribution in [0.1, 0.15) is 22.7 Å². The van der Waals surface area contributed by atoms with E-state index in [1.165, 1.54) is 4.57 Å². The molecule has 0 saturated heterocycles. The molecular formula is C26H24N2O5. The lowest BCUT2D eigenvalue weighted by atomic mass is 9.87. The highest BCUT2D eigenvalue weighted by Gasteiger charge is 2.33. The Kier molecular flexibility index (Phi) is 5.38. The van der Waals surface area contributed by atoms with Crippen molar-refractivity contribution in [2.75, 3.05) is 20.8 Å². The van der Waals surface area contributed by atoms with Crippen molar-refractivity contribution in [1.82, 2.24) is 9.47 Å². The second-order valence-electron chi connectivity index (χ2n) is 7.98. The summed E-state index contributed by atoms with van der Waals surface area (Å²) in [5, 5.41) is 0. The first-order valence-corrected chi connectivity index (χ1v) is 10.8. The number of hydrogen-bond donors (Lipinski definition) is 0. The van der Waals surface area contributed by atoms with Crippen molar-refractivity contribution >= 4 is 17.0 Å². The number of benzene rings is 3. The Morgan fingerprint density at radius 2 is 1.70 bits per heavy atom. The summed E-state index contributed by atoms with van der Waals surface area (Å²) < 4.78 is 17.7. The quantitative estimate of drug-likeness (QED) is 0.468. The highest BCUT2D eigenvalue weighted by atomic mass is 16.5. The Labute approximate surface area is 190 Å². The molecule has 5 rings (SSSR count). The van der Waals surface area contributed by atoms with Crippen molar-refractivity contribution in [1.29, 1.82) is 0 Å². The second-order valence-corrected chi connectivity index (χ2v) is 7.98. The number of amides is 1. The Bertz CT molecular complexity index is 1370. The van der Waals surface area contributed by atoms with Crippen LogP contribution in [0.3, 0.4) is 0 Å². The summed E-state index contributed by atoms with van der Waals surface area (Å²) >= 11 is 0. The van der Waals surface area contributed by atoms with Crippen LogP contribution in [0.5, 0.6) is 11.5 Å². The normalized spacial score (nSPS) is 15.3. The monoisotopic (exact) mass is 444 g/mol. The molecule has 3 aromatic carbocycles. The molecule has 4 aromatic rings. The molecule has 2 heterocycles. The molecule has 1 aliphatic rings. The van der Waals surface area contributed by atoms with Crippen molar-refractivity contribution in [3.8, 4) is 11.5 Å². The van der Waals surface area contributed by atoms with Gasteiger partial charge in [-0.1, -0.05) is 42.5 Å². The maximum Gasteiger partial charge on any atom is 0.420 e. The lowest BCUT2D eigenvalue weighted by Gasteiger charge is -2.38. The Morgan fingerprint density at radius 3 is 2.45 bits per heavy atom. The molecule has 7 nitrogen and oxygen atoms in total. The van der Waals surface area contributed by atoms with Gasteiger partial charge in [0.1, 0.15) is 6.54 Å². The lowest BCUT2D eigenvalue weighted by Crippen LogP contribution is -2.43. The third kappa shape index (κ3) is 3.65. The third-order valence-corrected chi connectivity index (χ3v) is 6.18. The van der Waals surface area contributed by atoms with Crippen LogP contribution < -0.4 is 15.2 Å². The van der Waals surface area contributed by atoms with Crippen molar-refractivity contribution < 1.29 is 18.7 Å². The molecule has 0 radical (unpaired) electrons. The standard InChI is InChI=1S/C26H24N2O5/c1-31-22-14-18-12-13-27(24(29)16-28-20-10-6-7-11-21(20)33-26(28)30)25(17-8-4-3-5-9-17)19(18)15-23(22)32-2/h3-11,14-15,25H,12-13,16H2,1-2H3. The Balaban J connectivity index is 1.57. The smallest absolute Gasteiger partial charge is 0.420 e. The number of carbonyl (C=O) groups excluding carboxylic acids is 1. The van der Waals surface area contributed by atoms with Crippen molar-refractivity contribution in [2.45, 2.75) is 19.0 Å². The van der Waals surface area contributed by atoms with E-state index in [-0.39, 0.29) is 18.5 Å². The largest absolute Gasteiger partial charge is 0.493 e. The maximum absolute atomic E-state index is 13.6. The van der Waals surface area contributed by atoms with Crippen LogP contribution >= 0.6 is 0 Å². The summed E-state index contributed by atoms with van der Waals surface area (Å²) in [5.74, 6) is 0.588. The molecular weight excluding hydrogens is 420 g/mol. The number of fused-ring (bicyclic) bond motifs is 2. The average molecular weight is 444 g/mol. The molecule has 1 unspecified atom stereocenters. The number of aromatic nitrogens is 1. The van der Waals surface area contributed by atoms with E-state index in [4.69, 9.17) is 13.9 Å². The molecule has 1 aromatic heterocycles. The van der Waals surface area contributed by atoms with Crippen LogP contribution in [0.2, 0.25) is 0 Å². The van der Waals surface area contributed by atoms with E-state index in [0.717, 1.165) is 16.7 Å². The zero-order chi connectivity index (χ0) is 22.9. The first kappa shape index (κ1) is 20.9. The number of para-hydroxylation sites is 2. The van der Waals surface area contributed by atoms with Crippen molar-refractivity contribution in [3.05, 3.63) is 94.0 Å². The van der Waals surface area contributed by atoms with E-state index in [1.807, 2.05) is 53.4 Å². The molecule has 7 heteroatoms. The number of rotatable bonds is 5. The van der Waals surface area contributed by atoms with Crippen molar-refractivity contribution in [2.24, 2.45) is 0 Å². The molecule has 1 atom stereocenters. The molecule has 168 valence electrons. The van der Waals surface area contributed by atoms with E-state index < -0.39 is 5.76 Å². The molecule has 33 heavy (non-hydrogen) atoms. The third-order valence-electron chi connectivity index (χ3n) is 6.18.